The van der Waals surface area contributed by atoms with Crippen LogP contribution in [-0.2, 0) is 9.53 Å². The van der Waals surface area contributed by atoms with Gasteiger partial charge in [-0.1, -0.05) is 0 Å². The van der Waals surface area contributed by atoms with Crippen molar-refractivity contribution < 1.29 is 9.53 Å². The van der Waals surface area contributed by atoms with Crippen molar-refractivity contribution in [3.8, 4) is 0 Å². The van der Waals surface area contributed by atoms with Crippen LogP contribution in [0.4, 0.5) is 0 Å². The molecule has 1 N–H and O–H groups in total. The lowest BCUT2D eigenvalue weighted by molar-refractivity contribution is -0.133. The molecule has 0 saturated carbocycles. The van der Waals surface area contributed by atoms with Gasteiger partial charge in [-0.25, -0.2) is 0 Å². The zero-order valence-electron chi connectivity index (χ0n) is 9.63. The number of carbonyl (C=O) groups excluding carboxylic acids is 1. The van der Waals surface area contributed by atoms with Crippen LogP contribution in [0, 0.1) is 0 Å². The fourth-order valence-corrected chi connectivity index (χ4v) is 1.74. The van der Waals surface area contributed by atoms with Crippen LogP contribution < -0.4 is 5.32 Å². The molecule has 15 heavy (non-hydrogen) atoms. The lowest BCUT2D eigenvalue weighted by atomic mass is 10.1. The Morgan fingerprint density at radius 3 is 2.67 bits per heavy atom. The molecule has 4 heteroatoms. The maximum Gasteiger partial charge on any atom is 0.224 e. The molecule has 0 radical (unpaired) electrons. The number of carbonyl (C=O) groups is 1. The molecule has 1 aliphatic rings. The van der Waals surface area contributed by atoms with Crippen LogP contribution in [0.3, 0.4) is 0 Å². The number of amides is 1. The first-order valence-electron chi connectivity index (χ1n) is 5.84. The molecule has 1 amide bonds. The molecule has 0 aromatic rings. The van der Waals surface area contributed by atoms with Crippen molar-refractivity contribution in [2.75, 3.05) is 39.9 Å². The minimum absolute atomic E-state index is 0.249. The van der Waals surface area contributed by atoms with Crippen molar-refractivity contribution in [2.45, 2.75) is 25.7 Å². The van der Waals surface area contributed by atoms with Gasteiger partial charge in [0, 0.05) is 19.6 Å². The molecule has 1 saturated heterocycles. The fraction of sp³-hybridized carbons (Fsp3) is 0.909. The zero-order valence-corrected chi connectivity index (χ0v) is 9.63. The Balaban J connectivity index is 2.02. The number of rotatable bonds is 6. The first-order chi connectivity index (χ1) is 7.34. The van der Waals surface area contributed by atoms with E-state index in [0.717, 1.165) is 32.5 Å². The second kappa shape index (κ2) is 7.65. The van der Waals surface area contributed by atoms with Crippen molar-refractivity contribution in [3.63, 3.8) is 0 Å². The quantitative estimate of drug-likeness (QED) is 0.659. The van der Waals surface area contributed by atoms with E-state index in [9.17, 15) is 4.79 Å². The third-order valence-corrected chi connectivity index (χ3v) is 2.67. The topological polar surface area (TPSA) is 41.6 Å². The Labute approximate surface area is 92.0 Å². The average molecular weight is 214 g/mol. The van der Waals surface area contributed by atoms with Crippen molar-refractivity contribution >= 4 is 5.91 Å². The van der Waals surface area contributed by atoms with Crippen LogP contribution in [0.15, 0.2) is 0 Å². The highest BCUT2D eigenvalue weighted by Gasteiger charge is 2.15. The van der Waals surface area contributed by atoms with Crippen molar-refractivity contribution in [3.05, 3.63) is 0 Å². The second-order valence-electron chi connectivity index (χ2n) is 3.91. The molecule has 0 bridgehead atoms. The molecule has 1 fully saturated rings. The van der Waals surface area contributed by atoms with Gasteiger partial charge in [0.05, 0.1) is 19.6 Å². The standard InChI is InChI=1S/C11H22N2O2/c1-12-6-10-15-9-5-11(14)13-7-3-2-4-8-13/h12H,2-10H2,1H3. The van der Waals surface area contributed by atoms with E-state index in [1.54, 1.807) is 0 Å². The maximum absolute atomic E-state index is 11.7. The van der Waals surface area contributed by atoms with E-state index in [4.69, 9.17) is 4.74 Å². The van der Waals surface area contributed by atoms with Gasteiger partial charge < -0.3 is 15.0 Å². The van der Waals surface area contributed by atoms with Gasteiger partial charge in [-0.3, -0.25) is 4.79 Å². The Kier molecular flexibility index (Phi) is 6.36. The molecule has 0 unspecified atom stereocenters. The van der Waals surface area contributed by atoms with Gasteiger partial charge in [-0.2, -0.15) is 0 Å². The first kappa shape index (κ1) is 12.5. The van der Waals surface area contributed by atoms with E-state index >= 15 is 0 Å². The molecule has 0 aliphatic carbocycles. The molecule has 1 rings (SSSR count). The predicted octanol–water partition coefficient (Wildman–Crippen LogP) is 0.625. The summed E-state index contributed by atoms with van der Waals surface area (Å²) >= 11 is 0. The third-order valence-electron chi connectivity index (χ3n) is 2.67. The summed E-state index contributed by atoms with van der Waals surface area (Å²) in [5.74, 6) is 0.249. The Morgan fingerprint density at radius 1 is 1.27 bits per heavy atom. The minimum Gasteiger partial charge on any atom is -0.380 e. The summed E-state index contributed by atoms with van der Waals surface area (Å²) in [4.78, 5) is 13.6. The average Bonchev–Trinajstić information content (AvgIpc) is 2.30. The molecular formula is C11H22N2O2. The number of likely N-dealkylation sites (tertiary alicyclic amines) is 1. The summed E-state index contributed by atoms with van der Waals surface area (Å²) in [6.45, 7) is 3.96. The summed E-state index contributed by atoms with van der Waals surface area (Å²) in [7, 11) is 1.89. The van der Waals surface area contributed by atoms with Gasteiger partial charge in [0.1, 0.15) is 0 Å². The monoisotopic (exact) mass is 214 g/mol. The molecule has 1 heterocycles. The van der Waals surface area contributed by atoms with Gasteiger partial charge in [0.2, 0.25) is 5.91 Å². The SMILES string of the molecule is CNCCOCCC(=O)N1CCCCC1. The van der Waals surface area contributed by atoms with E-state index in [0.29, 0.717) is 19.6 Å². The van der Waals surface area contributed by atoms with E-state index in [1.165, 1.54) is 6.42 Å². The predicted molar refractivity (Wildman–Crippen MR) is 59.8 cm³/mol. The highest BCUT2D eigenvalue weighted by molar-refractivity contribution is 5.76. The number of ether oxygens (including phenoxy) is 1. The van der Waals surface area contributed by atoms with Crippen LogP contribution in [0.25, 0.3) is 0 Å². The van der Waals surface area contributed by atoms with Gasteiger partial charge in [0.25, 0.3) is 0 Å². The van der Waals surface area contributed by atoms with Crippen molar-refractivity contribution in [1.82, 2.24) is 10.2 Å². The van der Waals surface area contributed by atoms with Gasteiger partial charge in [-0.05, 0) is 26.3 Å². The molecule has 88 valence electrons. The van der Waals surface area contributed by atoms with Crippen LogP contribution in [0.2, 0.25) is 0 Å². The number of piperidine rings is 1. The second-order valence-corrected chi connectivity index (χ2v) is 3.91. The van der Waals surface area contributed by atoms with Gasteiger partial charge >= 0.3 is 0 Å². The van der Waals surface area contributed by atoms with Crippen molar-refractivity contribution in [2.24, 2.45) is 0 Å². The van der Waals surface area contributed by atoms with E-state index in [-0.39, 0.29) is 5.91 Å². The molecule has 0 atom stereocenters. The largest absolute Gasteiger partial charge is 0.380 e. The van der Waals surface area contributed by atoms with Crippen LogP contribution >= 0.6 is 0 Å². The lowest BCUT2D eigenvalue weighted by Gasteiger charge is -2.26. The number of hydrogen-bond donors (Lipinski definition) is 1. The van der Waals surface area contributed by atoms with Crippen LogP contribution in [0.5, 0.6) is 0 Å². The van der Waals surface area contributed by atoms with Gasteiger partial charge in [0.15, 0.2) is 0 Å². The number of hydrogen-bond acceptors (Lipinski definition) is 3. The highest BCUT2D eigenvalue weighted by Crippen LogP contribution is 2.09. The number of nitrogens with one attached hydrogen (secondary N) is 1. The Hall–Kier alpha value is -0.610. The molecular weight excluding hydrogens is 192 g/mol. The summed E-state index contributed by atoms with van der Waals surface area (Å²) in [6, 6.07) is 0. The van der Waals surface area contributed by atoms with Crippen molar-refractivity contribution in [1.29, 1.82) is 0 Å². The van der Waals surface area contributed by atoms with E-state index in [2.05, 4.69) is 5.32 Å². The summed E-state index contributed by atoms with van der Waals surface area (Å²) in [6.07, 6.45) is 4.12. The lowest BCUT2D eigenvalue weighted by Crippen LogP contribution is -2.36. The first-order valence-corrected chi connectivity index (χ1v) is 5.84. The highest BCUT2D eigenvalue weighted by atomic mass is 16.5. The fourth-order valence-electron chi connectivity index (χ4n) is 1.74. The summed E-state index contributed by atoms with van der Waals surface area (Å²) in [5.41, 5.74) is 0. The van der Waals surface area contributed by atoms with Crippen LogP contribution in [-0.4, -0.2) is 50.7 Å². The maximum atomic E-state index is 11.7. The molecule has 1 aliphatic heterocycles. The molecule has 4 nitrogen and oxygen atoms in total. The third kappa shape index (κ3) is 5.14. The van der Waals surface area contributed by atoms with Gasteiger partial charge in [-0.15, -0.1) is 0 Å². The summed E-state index contributed by atoms with van der Waals surface area (Å²) in [5, 5.41) is 3.00. The Bertz CT molecular complexity index is 179. The Morgan fingerprint density at radius 2 is 2.00 bits per heavy atom. The van der Waals surface area contributed by atoms with E-state index in [1.807, 2.05) is 11.9 Å². The number of likely N-dealkylation sites (N-methyl/N-ethyl adjacent to an activating group) is 1. The minimum atomic E-state index is 0.249. The van der Waals surface area contributed by atoms with Crippen LogP contribution in [0.1, 0.15) is 25.7 Å². The molecule has 0 aromatic heterocycles. The molecule has 0 spiro atoms. The number of nitrogens with zero attached hydrogens (tertiary/aromatic N) is 1. The molecule has 0 aromatic carbocycles. The normalized spacial score (nSPS) is 16.7. The zero-order chi connectivity index (χ0) is 10.9. The summed E-state index contributed by atoms with van der Waals surface area (Å²) < 4.78 is 5.33. The smallest absolute Gasteiger partial charge is 0.224 e. The van der Waals surface area contributed by atoms with E-state index < -0.39 is 0 Å².